The Balaban J connectivity index is -0.000000208. The first-order valence-electron chi connectivity index (χ1n) is 7.01. The zero-order valence-corrected chi connectivity index (χ0v) is 17.4. The maximum Gasteiger partial charge on any atom is 2.00 e. The normalized spacial score (nSPS) is 18.1. The summed E-state index contributed by atoms with van der Waals surface area (Å²) in [6.45, 7) is 21.1. The van der Waals surface area contributed by atoms with Crippen molar-refractivity contribution >= 4 is 16.1 Å². The van der Waals surface area contributed by atoms with E-state index in [4.69, 9.17) is 0 Å². The van der Waals surface area contributed by atoms with E-state index in [1.54, 1.807) is 0 Å². The molecular formula is C16H34PdSi2. The molecule has 0 aromatic heterocycles. The van der Waals surface area contributed by atoms with Crippen molar-refractivity contribution < 1.29 is 20.4 Å². The van der Waals surface area contributed by atoms with Gasteiger partial charge in [0.1, 0.15) is 0 Å². The number of allylic oxidation sites excluding steroid dienone is 4. The maximum absolute atomic E-state index is 3.91. The first-order valence-corrected chi connectivity index (χ1v) is 14.4. The number of hydrogen-bond donors (Lipinski definition) is 0. The fraction of sp³-hybridized carbons (Fsp3) is 0.625. The van der Waals surface area contributed by atoms with E-state index >= 15 is 0 Å². The third kappa shape index (κ3) is 69.4. The second-order valence-corrected chi connectivity index (χ2v) is 17.5. The fourth-order valence-electron chi connectivity index (χ4n) is 0.856. The second-order valence-electron chi connectivity index (χ2n) is 7.22. The Kier molecular flexibility index (Phi) is 17.5. The Morgan fingerprint density at radius 2 is 0.684 bits per heavy atom. The van der Waals surface area contributed by atoms with Crippen molar-refractivity contribution in [2.75, 3.05) is 0 Å². The van der Waals surface area contributed by atoms with Gasteiger partial charge >= 0.3 is 20.4 Å². The predicted octanol–water partition coefficient (Wildman–Crippen LogP) is 6.07. The molecule has 0 nitrogen and oxygen atoms in total. The molecule has 0 amide bonds. The van der Waals surface area contributed by atoms with Gasteiger partial charge in [0.2, 0.25) is 0 Å². The van der Waals surface area contributed by atoms with Gasteiger partial charge < -0.3 is 13.1 Å². The molecule has 0 spiro atoms. The minimum Gasteiger partial charge on any atom is -0.342 e. The molecule has 0 radical (unpaired) electrons. The SMILES string of the molecule is C1=C\CC/C=C\CC/1.[CH2-][Si](C)(C)C.[CH2-][Si](C)(C)C.[Pd+2]. The van der Waals surface area contributed by atoms with Crippen LogP contribution in [0.3, 0.4) is 0 Å². The Labute approximate surface area is 138 Å². The second kappa shape index (κ2) is 13.6. The van der Waals surface area contributed by atoms with E-state index in [1.165, 1.54) is 25.7 Å². The van der Waals surface area contributed by atoms with Gasteiger partial charge in [0.05, 0.1) is 0 Å². The topological polar surface area (TPSA) is 0 Å². The molecule has 0 saturated carbocycles. The van der Waals surface area contributed by atoms with Gasteiger partial charge in [-0.05, 0) is 25.7 Å². The molecule has 3 heteroatoms. The molecule has 116 valence electrons. The summed E-state index contributed by atoms with van der Waals surface area (Å²) in [7, 11) is -1.72. The Morgan fingerprint density at radius 1 is 0.579 bits per heavy atom. The van der Waals surface area contributed by atoms with E-state index in [0.717, 1.165) is 0 Å². The summed E-state index contributed by atoms with van der Waals surface area (Å²) in [5.74, 6) is 0. The Morgan fingerprint density at radius 3 is 0.789 bits per heavy atom. The molecule has 0 atom stereocenters. The van der Waals surface area contributed by atoms with Gasteiger partial charge in [-0.1, -0.05) is 63.6 Å². The number of hydrogen-bond acceptors (Lipinski definition) is 0. The van der Waals surface area contributed by atoms with E-state index in [0.29, 0.717) is 0 Å². The number of rotatable bonds is 0. The summed E-state index contributed by atoms with van der Waals surface area (Å²) in [6, 6.07) is 0. The first kappa shape index (κ1) is 24.6. The van der Waals surface area contributed by atoms with Crippen molar-refractivity contribution in [1.29, 1.82) is 0 Å². The molecule has 0 saturated heterocycles. The predicted molar refractivity (Wildman–Crippen MR) is 94.2 cm³/mol. The molecule has 0 bridgehead atoms. The zero-order chi connectivity index (χ0) is 14.7. The summed E-state index contributed by atoms with van der Waals surface area (Å²) < 4.78 is 0. The monoisotopic (exact) mass is 388 g/mol. The van der Waals surface area contributed by atoms with E-state index in [-0.39, 0.29) is 20.4 Å². The molecule has 0 aliphatic heterocycles. The maximum atomic E-state index is 3.91. The Bertz CT molecular complexity index is 182. The van der Waals surface area contributed by atoms with E-state index < -0.39 is 16.1 Å². The third-order valence-electron chi connectivity index (χ3n) is 1.33. The van der Waals surface area contributed by atoms with E-state index in [9.17, 15) is 0 Å². The summed E-state index contributed by atoms with van der Waals surface area (Å²) in [5.41, 5.74) is 0. The zero-order valence-electron chi connectivity index (χ0n) is 13.9. The molecule has 0 aromatic carbocycles. The van der Waals surface area contributed by atoms with Crippen LogP contribution in [0.25, 0.3) is 0 Å². The molecule has 1 aliphatic carbocycles. The molecule has 0 heterocycles. The minimum atomic E-state index is -0.861. The Hall–Kier alpha value is 0.576. The smallest absolute Gasteiger partial charge is 0.342 e. The van der Waals surface area contributed by atoms with E-state index in [1.807, 2.05) is 0 Å². The molecular weight excluding hydrogens is 355 g/mol. The van der Waals surface area contributed by atoms with Crippen molar-refractivity contribution in [2.45, 2.75) is 65.0 Å². The van der Waals surface area contributed by atoms with Gasteiger partial charge in [0.15, 0.2) is 0 Å². The summed E-state index contributed by atoms with van der Waals surface area (Å²) in [4.78, 5) is 0. The summed E-state index contributed by atoms with van der Waals surface area (Å²) >= 11 is 0. The van der Waals surface area contributed by atoms with Gasteiger partial charge in [-0.2, -0.15) is 0 Å². The largest absolute Gasteiger partial charge is 2.00 e. The molecule has 1 aliphatic rings. The van der Waals surface area contributed by atoms with Gasteiger partial charge in [-0.3, -0.25) is 0 Å². The summed E-state index contributed by atoms with van der Waals surface area (Å²) in [6.07, 6.45) is 14.0. The van der Waals surface area contributed by atoms with Gasteiger partial charge in [-0.15, -0.1) is 16.1 Å². The van der Waals surface area contributed by atoms with Crippen LogP contribution < -0.4 is 0 Å². The molecule has 0 fully saturated rings. The van der Waals surface area contributed by atoms with Gasteiger partial charge in [-0.25, -0.2) is 0 Å². The van der Waals surface area contributed by atoms with E-state index in [2.05, 4.69) is 76.7 Å². The van der Waals surface area contributed by atoms with Gasteiger partial charge in [0, 0.05) is 0 Å². The van der Waals surface area contributed by atoms with Crippen molar-refractivity contribution in [2.24, 2.45) is 0 Å². The molecule has 1 rings (SSSR count). The van der Waals surface area contributed by atoms with Crippen LogP contribution in [-0.2, 0) is 20.4 Å². The van der Waals surface area contributed by atoms with Crippen LogP contribution >= 0.6 is 0 Å². The summed E-state index contributed by atoms with van der Waals surface area (Å²) in [5, 5.41) is 0. The molecule has 0 aromatic rings. The van der Waals surface area contributed by atoms with Crippen LogP contribution in [0, 0.1) is 13.1 Å². The quantitative estimate of drug-likeness (QED) is 0.268. The van der Waals surface area contributed by atoms with Crippen LogP contribution in [-0.4, -0.2) is 16.1 Å². The molecule has 0 unspecified atom stereocenters. The van der Waals surface area contributed by atoms with Crippen molar-refractivity contribution in [3.63, 3.8) is 0 Å². The standard InChI is InChI=1S/C8H12.2C4H11Si.Pd/c1-2-4-6-8-7-5-3-1;2*1-5(2,3)4;/h1-2,7-8H,3-6H2;2*1H2,2-4H3;/q;2*-1;+2/b2-1-,8-7-;;;. The van der Waals surface area contributed by atoms with Crippen LogP contribution in [0.1, 0.15) is 25.7 Å². The first-order chi connectivity index (χ1) is 8.00. The van der Waals surface area contributed by atoms with Crippen LogP contribution in [0.2, 0.25) is 39.3 Å². The van der Waals surface area contributed by atoms with Crippen molar-refractivity contribution in [3.05, 3.63) is 37.4 Å². The van der Waals surface area contributed by atoms with Crippen molar-refractivity contribution in [3.8, 4) is 0 Å². The van der Waals surface area contributed by atoms with Crippen LogP contribution in [0.5, 0.6) is 0 Å². The van der Waals surface area contributed by atoms with Crippen LogP contribution in [0.15, 0.2) is 24.3 Å². The van der Waals surface area contributed by atoms with Crippen molar-refractivity contribution in [1.82, 2.24) is 0 Å². The molecule has 19 heavy (non-hydrogen) atoms. The fourth-order valence-corrected chi connectivity index (χ4v) is 0.856. The van der Waals surface area contributed by atoms with Crippen LogP contribution in [0.4, 0.5) is 0 Å². The molecule has 0 N–H and O–H groups in total. The van der Waals surface area contributed by atoms with Gasteiger partial charge in [0.25, 0.3) is 0 Å². The average Bonchev–Trinajstić information content (AvgIpc) is 1.93. The third-order valence-corrected chi connectivity index (χ3v) is 1.33. The minimum absolute atomic E-state index is 0. The average molecular weight is 389 g/mol.